The minimum Gasteiger partial charge on any atom is -0.490 e. The van der Waals surface area contributed by atoms with Crippen molar-refractivity contribution in [2.45, 2.75) is 25.7 Å². The summed E-state index contributed by atoms with van der Waals surface area (Å²) >= 11 is 0. The van der Waals surface area contributed by atoms with Gasteiger partial charge in [0.15, 0.2) is 17.6 Å². The first-order chi connectivity index (χ1) is 19.2. The minimum absolute atomic E-state index is 0.290. The lowest BCUT2D eigenvalue weighted by Crippen LogP contribution is -2.37. The molecule has 4 aromatic carbocycles. The summed E-state index contributed by atoms with van der Waals surface area (Å²) in [5.41, 5.74) is 3.13. The van der Waals surface area contributed by atoms with Crippen molar-refractivity contribution in [3.05, 3.63) is 120 Å². The van der Waals surface area contributed by atoms with E-state index in [2.05, 4.69) is 0 Å². The summed E-state index contributed by atoms with van der Waals surface area (Å²) in [6.45, 7) is 2.75. The number of nitrogens with zero attached hydrogens (tertiary/aromatic N) is 2. The van der Waals surface area contributed by atoms with Crippen molar-refractivity contribution in [3.8, 4) is 11.5 Å². The summed E-state index contributed by atoms with van der Waals surface area (Å²) in [4.78, 5) is 34.8. The lowest BCUT2D eigenvalue weighted by atomic mass is 9.90. The van der Waals surface area contributed by atoms with Gasteiger partial charge in [0.1, 0.15) is 12.5 Å². The Labute approximate surface area is 227 Å². The first-order valence-electron chi connectivity index (χ1n) is 13.0. The molecule has 6 rings (SSSR count). The Morgan fingerprint density at radius 2 is 1.36 bits per heavy atom. The van der Waals surface area contributed by atoms with Gasteiger partial charge in [-0.05, 0) is 54.4 Å². The summed E-state index contributed by atoms with van der Waals surface area (Å²) in [5, 5.41) is 1.68. The quantitative estimate of drug-likeness (QED) is 0.277. The van der Waals surface area contributed by atoms with Crippen LogP contribution in [0.25, 0.3) is 0 Å². The molecule has 2 aliphatic rings. The maximum atomic E-state index is 13.8. The number of hydrogen-bond acceptors (Lipinski definition) is 6. The van der Waals surface area contributed by atoms with Crippen LogP contribution in [0.4, 0.5) is 11.4 Å². The van der Waals surface area contributed by atoms with Crippen LogP contribution in [0.3, 0.4) is 0 Å². The molecule has 4 aromatic rings. The Balaban J connectivity index is 1.37. The maximum Gasteiger partial charge on any atom is 0.266 e. The molecule has 0 bridgehead atoms. The van der Waals surface area contributed by atoms with Gasteiger partial charge in [-0.1, -0.05) is 72.8 Å². The molecule has 196 valence electrons. The number of hydrogen-bond donors (Lipinski definition) is 0. The Kier molecular flexibility index (Phi) is 6.73. The van der Waals surface area contributed by atoms with Crippen LogP contribution in [-0.4, -0.2) is 24.5 Å². The van der Waals surface area contributed by atoms with Gasteiger partial charge in [-0.2, -0.15) is 0 Å². The van der Waals surface area contributed by atoms with Gasteiger partial charge in [-0.15, -0.1) is 0 Å². The highest BCUT2D eigenvalue weighted by Gasteiger charge is 2.60. The second-order valence-corrected chi connectivity index (χ2v) is 9.42. The van der Waals surface area contributed by atoms with Crippen molar-refractivity contribution >= 4 is 23.2 Å². The Hall–Kier alpha value is -4.62. The van der Waals surface area contributed by atoms with Gasteiger partial charge in [0.25, 0.3) is 5.91 Å². The van der Waals surface area contributed by atoms with E-state index in [1.54, 1.807) is 29.3 Å². The largest absolute Gasteiger partial charge is 0.490 e. The van der Waals surface area contributed by atoms with E-state index in [0.717, 1.165) is 16.8 Å². The average molecular weight is 521 g/mol. The monoisotopic (exact) mass is 520 g/mol. The van der Waals surface area contributed by atoms with Gasteiger partial charge in [0.2, 0.25) is 5.91 Å². The number of ether oxygens (including phenoxy) is 2. The van der Waals surface area contributed by atoms with E-state index in [-0.39, 0.29) is 11.8 Å². The molecule has 0 aromatic heterocycles. The van der Waals surface area contributed by atoms with Crippen molar-refractivity contribution in [1.82, 2.24) is 0 Å². The van der Waals surface area contributed by atoms with E-state index >= 15 is 0 Å². The summed E-state index contributed by atoms with van der Waals surface area (Å²) in [7, 11) is 0. The summed E-state index contributed by atoms with van der Waals surface area (Å²) in [6.07, 6.45) is -0.938. The maximum absolute atomic E-state index is 13.8. The second-order valence-electron chi connectivity index (χ2n) is 9.42. The van der Waals surface area contributed by atoms with Crippen molar-refractivity contribution in [2.24, 2.45) is 5.92 Å². The van der Waals surface area contributed by atoms with Crippen molar-refractivity contribution in [1.29, 1.82) is 0 Å². The van der Waals surface area contributed by atoms with Crippen LogP contribution in [0.1, 0.15) is 24.1 Å². The highest BCUT2D eigenvalue weighted by Crippen LogP contribution is 2.48. The van der Waals surface area contributed by atoms with Crippen LogP contribution in [0.15, 0.2) is 109 Å². The molecule has 7 nitrogen and oxygen atoms in total. The van der Waals surface area contributed by atoms with Crippen molar-refractivity contribution in [3.63, 3.8) is 0 Å². The molecule has 0 spiro atoms. The zero-order valence-corrected chi connectivity index (χ0v) is 21.5. The SMILES string of the molecule is CCOc1cc([C@H]2[C@H]3C(=O)N(c4ccccc4)C(=O)[C@H]3ON2c2ccccc2)ccc1OCc1ccccc1. The number of amides is 2. The van der Waals surface area contributed by atoms with Crippen molar-refractivity contribution in [2.75, 3.05) is 16.6 Å². The first-order valence-corrected chi connectivity index (χ1v) is 13.0. The molecule has 2 heterocycles. The predicted octanol–water partition coefficient (Wildman–Crippen LogP) is 5.72. The number of benzene rings is 4. The molecule has 2 aliphatic heterocycles. The highest BCUT2D eigenvalue weighted by atomic mass is 16.7. The Bertz CT molecular complexity index is 1460. The lowest BCUT2D eigenvalue weighted by Gasteiger charge is -2.29. The number of fused-ring (bicyclic) bond motifs is 1. The number of carbonyl (C=O) groups excluding carboxylic acids is 2. The fourth-order valence-corrected chi connectivity index (χ4v) is 5.22. The first kappa shape index (κ1) is 24.7. The fourth-order valence-electron chi connectivity index (χ4n) is 5.22. The zero-order chi connectivity index (χ0) is 26.8. The number of anilines is 2. The predicted molar refractivity (Wildman–Crippen MR) is 147 cm³/mol. The van der Waals surface area contributed by atoms with Gasteiger partial charge in [-0.25, -0.2) is 9.96 Å². The number of rotatable bonds is 8. The highest BCUT2D eigenvalue weighted by molar-refractivity contribution is 6.23. The van der Waals surface area contributed by atoms with Crippen molar-refractivity contribution < 1.29 is 23.9 Å². The normalized spacial score (nSPS) is 20.3. The third kappa shape index (κ3) is 4.62. The van der Waals surface area contributed by atoms with Gasteiger partial charge in [0.05, 0.1) is 24.0 Å². The molecular weight excluding hydrogens is 492 g/mol. The van der Waals surface area contributed by atoms with Crippen LogP contribution >= 0.6 is 0 Å². The van der Waals surface area contributed by atoms with Crippen LogP contribution in [-0.2, 0) is 21.0 Å². The van der Waals surface area contributed by atoms with Gasteiger partial charge < -0.3 is 9.47 Å². The summed E-state index contributed by atoms with van der Waals surface area (Å²) in [6, 6.07) is 33.5. The van der Waals surface area contributed by atoms with Gasteiger partial charge >= 0.3 is 0 Å². The third-order valence-corrected chi connectivity index (χ3v) is 6.99. The number of imide groups is 1. The van der Waals surface area contributed by atoms with E-state index in [0.29, 0.717) is 30.4 Å². The molecule has 2 saturated heterocycles. The lowest BCUT2D eigenvalue weighted by molar-refractivity contribution is -0.126. The van der Waals surface area contributed by atoms with Crippen LogP contribution < -0.4 is 19.4 Å². The van der Waals surface area contributed by atoms with Crippen LogP contribution in [0.2, 0.25) is 0 Å². The molecular formula is C32H28N2O5. The number of carbonyl (C=O) groups is 2. The molecule has 7 heteroatoms. The number of hydroxylamine groups is 1. The Morgan fingerprint density at radius 3 is 2.03 bits per heavy atom. The summed E-state index contributed by atoms with van der Waals surface area (Å²) < 4.78 is 12.1. The molecule has 39 heavy (non-hydrogen) atoms. The zero-order valence-electron chi connectivity index (χ0n) is 21.5. The van der Waals surface area contributed by atoms with Crippen LogP contribution in [0, 0.1) is 5.92 Å². The van der Waals surface area contributed by atoms with E-state index in [1.165, 1.54) is 4.90 Å². The molecule has 0 unspecified atom stereocenters. The molecule has 0 N–H and O–H groups in total. The summed E-state index contributed by atoms with van der Waals surface area (Å²) in [5.74, 6) is -0.219. The fraction of sp³-hybridized carbons (Fsp3) is 0.188. The molecule has 2 amide bonds. The number of para-hydroxylation sites is 2. The van der Waals surface area contributed by atoms with E-state index < -0.39 is 18.1 Å². The molecule has 0 radical (unpaired) electrons. The average Bonchev–Trinajstić information content (AvgIpc) is 3.49. The van der Waals surface area contributed by atoms with E-state index in [1.807, 2.05) is 91.9 Å². The topological polar surface area (TPSA) is 68.3 Å². The second kappa shape index (κ2) is 10.6. The third-order valence-electron chi connectivity index (χ3n) is 6.99. The Morgan fingerprint density at radius 1 is 0.718 bits per heavy atom. The molecule has 2 fully saturated rings. The smallest absolute Gasteiger partial charge is 0.266 e. The standard InChI is InChI=1S/C32H28N2O5/c1-2-37-27-20-23(18-19-26(27)38-21-22-12-6-3-7-13-22)29-28-30(39-34(29)25-16-10-5-11-17-25)32(36)33(31(28)35)24-14-8-4-9-15-24/h3-20,28-30H,2,21H2,1H3/t28-,29+,30+/m1/s1. The van der Waals surface area contributed by atoms with Gasteiger partial charge in [-0.3, -0.25) is 14.4 Å². The van der Waals surface area contributed by atoms with Gasteiger partial charge in [0, 0.05) is 0 Å². The van der Waals surface area contributed by atoms with E-state index in [9.17, 15) is 9.59 Å². The molecule has 0 aliphatic carbocycles. The molecule has 0 saturated carbocycles. The molecule has 3 atom stereocenters. The van der Waals surface area contributed by atoms with E-state index in [4.69, 9.17) is 14.3 Å². The minimum atomic E-state index is -0.938. The van der Waals surface area contributed by atoms with Crippen LogP contribution in [0.5, 0.6) is 11.5 Å².